The number of non-ortho nitro benzene ring substituents is 1. The van der Waals surface area contributed by atoms with Crippen LogP contribution in [0.3, 0.4) is 0 Å². The van der Waals surface area contributed by atoms with Gasteiger partial charge in [0.2, 0.25) is 0 Å². The molecule has 0 radical (unpaired) electrons. The van der Waals surface area contributed by atoms with Crippen molar-refractivity contribution >= 4 is 5.69 Å². The predicted molar refractivity (Wildman–Crippen MR) is 77.7 cm³/mol. The summed E-state index contributed by atoms with van der Waals surface area (Å²) >= 11 is 0. The molecule has 96 valence electrons. The molecule has 1 rings (SSSR count). The zero-order valence-corrected chi connectivity index (χ0v) is 10.8. The maximum Gasteiger partial charge on any atom is 0.270 e. The van der Waals surface area contributed by atoms with Crippen molar-refractivity contribution < 1.29 is 4.92 Å². The molecular weight excluding hydrogens is 238 g/mol. The Hall–Kier alpha value is -2.60. The third-order valence-electron chi connectivity index (χ3n) is 2.44. The van der Waals surface area contributed by atoms with Gasteiger partial charge in [0.25, 0.3) is 5.69 Å². The lowest BCUT2D eigenvalue weighted by atomic mass is 10.1. The van der Waals surface area contributed by atoms with Crippen LogP contribution in [0.25, 0.3) is 0 Å². The fourth-order valence-electron chi connectivity index (χ4n) is 1.31. The summed E-state index contributed by atoms with van der Waals surface area (Å²) in [5, 5.41) is 10.7. The quantitative estimate of drug-likeness (QED) is 0.352. The highest BCUT2D eigenvalue weighted by Crippen LogP contribution is 2.12. The molecule has 3 nitrogen and oxygen atoms in total. The van der Waals surface area contributed by atoms with Crippen molar-refractivity contribution in [2.24, 2.45) is 0 Å². The second-order valence-corrected chi connectivity index (χ2v) is 3.87. The van der Waals surface area contributed by atoms with E-state index in [4.69, 9.17) is 0 Å². The maximum absolute atomic E-state index is 10.7. The third-order valence-corrected chi connectivity index (χ3v) is 2.44. The first-order valence-corrected chi connectivity index (χ1v) is 5.85. The topological polar surface area (TPSA) is 43.1 Å². The first kappa shape index (κ1) is 14.5. The van der Waals surface area contributed by atoms with Gasteiger partial charge >= 0.3 is 0 Å². The standard InChI is InChI=1S/C16H15NO2/c1-4-13(3)11-14(5-2)9-10-15-7-6-8-16(12-15)17(18)19/h5-8,11-12H,2-4H2,1H3. The number of benzene rings is 1. The van der Waals surface area contributed by atoms with Gasteiger partial charge in [-0.05, 0) is 18.6 Å². The lowest BCUT2D eigenvalue weighted by molar-refractivity contribution is -0.384. The summed E-state index contributed by atoms with van der Waals surface area (Å²) in [5.41, 5.74) is 2.35. The molecule has 0 N–H and O–H groups in total. The Bertz CT molecular complexity index is 601. The molecule has 0 amide bonds. The van der Waals surface area contributed by atoms with Gasteiger partial charge in [-0.1, -0.05) is 49.6 Å². The van der Waals surface area contributed by atoms with Gasteiger partial charge in [-0.15, -0.1) is 0 Å². The van der Waals surface area contributed by atoms with Crippen LogP contribution in [0.4, 0.5) is 5.69 Å². The molecule has 0 fully saturated rings. The maximum atomic E-state index is 10.7. The van der Waals surface area contributed by atoms with Crippen molar-refractivity contribution in [3.8, 4) is 11.8 Å². The molecule has 0 aliphatic heterocycles. The van der Waals surface area contributed by atoms with Crippen LogP contribution in [0.5, 0.6) is 0 Å². The van der Waals surface area contributed by atoms with Crippen LogP contribution in [-0.2, 0) is 0 Å². The monoisotopic (exact) mass is 253 g/mol. The molecule has 19 heavy (non-hydrogen) atoms. The number of hydrogen-bond donors (Lipinski definition) is 0. The molecule has 1 aromatic carbocycles. The number of hydrogen-bond acceptors (Lipinski definition) is 2. The van der Waals surface area contributed by atoms with E-state index in [2.05, 4.69) is 25.0 Å². The molecule has 0 heterocycles. The van der Waals surface area contributed by atoms with E-state index >= 15 is 0 Å². The van der Waals surface area contributed by atoms with Crippen LogP contribution in [0.2, 0.25) is 0 Å². The van der Waals surface area contributed by atoms with Gasteiger partial charge in [-0.3, -0.25) is 10.1 Å². The molecule has 0 aliphatic rings. The van der Waals surface area contributed by atoms with Crippen molar-refractivity contribution in [3.05, 3.63) is 76.4 Å². The third kappa shape index (κ3) is 4.64. The van der Waals surface area contributed by atoms with E-state index in [1.807, 2.05) is 13.0 Å². The van der Waals surface area contributed by atoms with Crippen LogP contribution in [0.1, 0.15) is 18.9 Å². The van der Waals surface area contributed by atoms with E-state index < -0.39 is 4.92 Å². The molecule has 0 saturated carbocycles. The average molecular weight is 253 g/mol. The summed E-state index contributed by atoms with van der Waals surface area (Å²) < 4.78 is 0. The smallest absolute Gasteiger partial charge is 0.258 e. The van der Waals surface area contributed by atoms with E-state index in [0.717, 1.165) is 17.6 Å². The normalized spacial score (nSPS) is 10.3. The molecule has 0 spiro atoms. The average Bonchev–Trinajstić information content (AvgIpc) is 2.43. The van der Waals surface area contributed by atoms with E-state index in [1.165, 1.54) is 12.1 Å². The molecule has 0 bridgehead atoms. The van der Waals surface area contributed by atoms with Crippen molar-refractivity contribution in [3.63, 3.8) is 0 Å². The fourth-order valence-corrected chi connectivity index (χ4v) is 1.31. The Morgan fingerprint density at radius 2 is 2.26 bits per heavy atom. The summed E-state index contributed by atoms with van der Waals surface area (Å²) in [6, 6.07) is 6.23. The largest absolute Gasteiger partial charge is 0.270 e. The van der Waals surface area contributed by atoms with Crippen LogP contribution in [0.15, 0.2) is 60.7 Å². The fraction of sp³-hybridized carbons (Fsp3) is 0.125. The number of allylic oxidation sites excluding steroid dienone is 4. The Labute approximate surface area is 113 Å². The Balaban J connectivity index is 3.02. The van der Waals surface area contributed by atoms with Crippen LogP contribution in [-0.4, -0.2) is 4.92 Å². The number of rotatable bonds is 4. The van der Waals surface area contributed by atoms with E-state index in [1.54, 1.807) is 18.2 Å². The van der Waals surface area contributed by atoms with E-state index in [-0.39, 0.29) is 5.69 Å². The summed E-state index contributed by atoms with van der Waals surface area (Å²) in [5.74, 6) is 5.81. The van der Waals surface area contributed by atoms with Crippen LogP contribution in [0, 0.1) is 22.0 Å². The summed E-state index contributed by atoms with van der Waals surface area (Å²) in [6.45, 7) is 9.57. The van der Waals surface area contributed by atoms with Gasteiger partial charge in [-0.2, -0.15) is 0 Å². The number of nitrogens with zero attached hydrogens (tertiary/aromatic N) is 1. The molecule has 1 aromatic rings. The number of nitro groups is 1. The van der Waals surface area contributed by atoms with Crippen molar-refractivity contribution in [2.45, 2.75) is 13.3 Å². The second-order valence-electron chi connectivity index (χ2n) is 3.87. The highest BCUT2D eigenvalue weighted by Gasteiger charge is 2.03. The second kappa shape index (κ2) is 6.97. The summed E-state index contributed by atoms with van der Waals surface area (Å²) in [7, 11) is 0. The first-order chi connectivity index (χ1) is 9.06. The molecule has 0 saturated heterocycles. The van der Waals surface area contributed by atoms with E-state index in [0.29, 0.717) is 5.56 Å². The van der Waals surface area contributed by atoms with Gasteiger partial charge in [0.05, 0.1) is 4.92 Å². The predicted octanol–water partition coefficient (Wildman–Crippen LogP) is 4.02. The van der Waals surface area contributed by atoms with Crippen LogP contribution >= 0.6 is 0 Å². The molecule has 0 unspecified atom stereocenters. The van der Waals surface area contributed by atoms with Gasteiger partial charge in [-0.25, -0.2) is 0 Å². The van der Waals surface area contributed by atoms with Crippen molar-refractivity contribution in [2.75, 3.05) is 0 Å². The van der Waals surface area contributed by atoms with Crippen molar-refractivity contribution in [1.29, 1.82) is 0 Å². The highest BCUT2D eigenvalue weighted by atomic mass is 16.6. The van der Waals surface area contributed by atoms with Crippen molar-refractivity contribution in [1.82, 2.24) is 0 Å². The van der Waals surface area contributed by atoms with Gasteiger partial charge in [0, 0.05) is 23.3 Å². The minimum atomic E-state index is -0.436. The van der Waals surface area contributed by atoms with Gasteiger partial charge < -0.3 is 0 Å². The Morgan fingerprint density at radius 3 is 2.84 bits per heavy atom. The summed E-state index contributed by atoms with van der Waals surface area (Å²) in [4.78, 5) is 10.2. The molecule has 0 aromatic heterocycles. The van der Waals surface area contributed by atoms with Crippen LogP contribution < -0.4 is 0 Å². The minimum Gasteiger partial charge on any atom is -0.258 e. The lowest BCUT2D eigenvalue weighted by Crippen LogP contribution is -1.87. The zero-order chi connectivity index (χ0) is 14.3. The molecule has 3 heteroatoms. The van der Waals surface area contributed by atoms with Gasteiger partial charge in [0.1, 0.15) is 0 Å². The zero-order valence-electron chi connectivity index (χ0n) is 10.8. The van der Waals surface area contributed by atoms with Gasteiger partial charge in [0.15, 0.2) is 0 Å². The van der Waals surface area contributed by atoms with E-state index in [9.17, 15) is 10.1 Å². The SMILES string of the molecule is C=CC(C#Cc1cccc([N+](=O)[O-])c1)=CC(=C)CC. The molecule has 0 aliphatic carbocycles. The summed E-state index contributed by atoms with van der Waals surface area (Å²) in [6.07, 6.45) is 4.35. The Kier molecular flexibility index (Phi) is 5.31. The Morgan fingerprint density at radius 1 is 1.53 bits per heavy atom. The number of nitro benzene ring substituents is 1. The molecule has 0 atom stereocenters. The molecular formula is C16H15NO2. The minimum absolute atomic E-state index is 0.0360. The first-order valence-electron chi connectivity index (χ1n) is 5.85. The lowest BCUT2D eigenvalue weighted by Gasteiger charge is -1.94. The highest BCUT2D eigenvalue weighted by molar-refractivity contribution is 5.49.